The maximum absolute atomic E-state index is 14.4. The highest BCUT2D eigenvalue weighted by Crippen LogP contribution is 2.75. The second-order valence-corrected chi connectivity index (χ2v) is 19.4. The number of fused-ring (bicyclic) bond motifs is 7. The average molecular weight is 760 g/mol. The molecular weight excluding hydrogens is 705 g/mol. The van der Waals surface area contributed by atoms with Crippen molar-refractivity contribution in [2.45, 2.75) is 112 Å². The van der Waals surface area contributed by atoms with Crippen LogP contribution in [-0.2, 0) is 15.8 Å². The molecule has 0 heterocycles. The minimum atomic E-state index is -4.57. The molecule has 9 heteroatoms. The topological polar surface area (TPSA) is 75.3 Å². The van der Waals surface area contributed by atoms with Gasteiger partial charge < -0.3 is 10.6 Å². The predicted molar refractivity (Wildman–Crippen MR) is 193 cm³/mol. The highest BCUT2D eigenvalue weighted by molar-refractivity contribution is 9.10. The monoisotopic (exact) mass is 758 g/mol. The van der Waals surface area contributed by atoms with Crippen molar-refractivity contribution >= 4 is 33.5 Å². The molecule has 0 bridgehead atoms. The van der Waals surface area contributed by atoms with Crippen LogP contribution in [0.2, 0.25) is 0 Å². The van der Waals surface area contributed by atoms with E-state index in [0.717, 1.165) is 75.5 Å². The lowest BCUT2D eigenvalue weighted by Crippen LogP contribution is -2.65. The molecule has 0 unspecified atom stereocenters. The van der Waals surface area contributed by atoms with Gasteiger partial charge in [0, 0.05) is 28.5 Å². The molecule has 274 valence electrons. The lowest BCUT2D eigenvalue weighted by Gasteiger charge is -2.70. The highest BCUT2D eigenvalue weighted by atomic mass is 79.9. The zero-order chi connectivity index (χ0) is 36.9. The molecule has 50 heavy (non-hydrogen) atoms. The smallest absolute Gasteiger partial charge is 0.354 e. The zero-order valence-corrected chi connectivity index (χ0v) is 32.3. The quantitative estimate of drug-likeness (QED) is 0.178. The van der Waals surface area contributed by atoms with Gasteiger partial charge in [-0.1, -0.05) is 82.6 Å². The predicted octanol–water partition coefficient (Wildman–Crippen LogP) is 9.85. The Kier molecular flexibility index (Phi) is 9.01. The molecule has 2 N–H and O–H groups in total. The first kappa shape index (κ1) is 37.3. The van der Waals surface area contributed by atoms with Crippen LogP contribution in [0.15, 0.2) is 46.5 Å². The first-order valence-electron chi connectivity index (χ1n) is 18.4. The van der Waals surface area contributed by atoms with Crippen LogP contribution in [-0.4, -0.2) is 30.7 Å². The Morgan fingerprint density at radius 1 is 0.920 bits per heavy atom. The van der Waals surface area contributed by atoms with Crippen LogP contribution in [0.3, 0.4) is 0 Å². The van der Waals surface area contributed by atoms with Crippen LogP contribution in [0.25, 0.3) is 0 Å². The van der Waals surface area contributed by atoms with Crippen molar-refractivity contribution < 1.29 is 27.6 Å². The first-order valence-corrected chi connectivity index (χ1v) is 19.2. The van der Waals surface area contributed by atoms with E-state index in [4.69, 9.17) is 0 Å². The van der Waals surface area contributed by atoms with Gasteiger partial charge in [0.25, 0.3) is 5.91 Å². The van der Waals surface area contributed by atoms with Gasteiger partial charge in [-0.15, -0.1) is 0 Å². The largest absolute Gasteiger partial charge is 0.416 e. The summed E-state index contributed by atoms with van der Waals surface area (Å²) in [6.45, 7) is 20.9. The van der Waals surface area contributed by atoms with E-state index >= 15 is 0 Å². The van der Waals surface area contributed by atoms with Gasteiger partial charge in [-0.3, -0.25) is 14.4 Å². The fourth-order valence-electron chi connectivity index (χ4n) is 12.1. The van der Waals surface area contributed by atoms with Crippen molar-refractivity contribution in [2.75, 3.05) is 13.1 Å². The molecule has 7 atom stereocenters. The van der Waals surface area contributed by atoms with Crippen LogP contribution in [0.1, 0.15) is 122 Å². The Hall–Kier alpha value is -2.42. The van der Waals surface area contributed by atoms with Crippen molar-refractivity contribution in [3.05, 3.63) is 57.6 Å². The van der Waals surface area contributed by atoms with Crippen molar-refractivity contribution in [3.8, 4) is 0 Å². The molecule has 4 fully saturated rings. The summed E-state index contributed by atoms with van der Waals surface area (Å²) >= 11 is 3.08. The molecule has 0 saturated heterocycles. The molecule has 5 nitrogen and oxygen atoms in total. The number of amides is 2. The highest BCUT2D eigenvalue weighted by Gasteiger charge is 2.69. The Morgan fingerprint density at radius 2 is 1.58 bits per heavy atom. The summed E-state index contributed by atoms with van der Waals surface area (Å²) < 4.78 is 40.1. The van der Waals surface area contributed by atoms with Crippen molar-refractivity contribution in [3.63, 3.8) is 0 Å². The average Bonchev–Trinajstić information content (AvgIpc) is 3.01. The number of hydrogen-bond acceptors (Lipinski definition) is 3. The fourth-order valence-corrected chi connectivity index (χ4v) is 12.6. The fraction of sp³-hybridized carbons (Fsp3) is 0.683. The summed E-state index contributed by atoms with van der Waals surface area (Å²) in [5.74, 6) is 0.437. The lowest BCUT2D eigenvalue weighted by atomic mass is 9.33. The number of ketones is 1. The summed E-state index contributed by atoms with van der Waals surface area (Å²) in [5.41, 5.74) is 0.254. The minimum absolute atomic E-state index is 0.0174. The molecule has 2 amide bonds. The number of rotatable bonds is 5. The number of hydrogen-bond donors (Lipinski definition) is 2. The standard InChI is InChI=1S/C41H54BrF3N2O3/c1-24-22-37(6)30(36(4,5)32(24)48)11-12-39(8)31(37)10-9-28-29-23-35(2,3)13-15-40(29,16-14-38(28,39)7)34(50)47-18-17-46-33(49)25-19-26(41(43,44)45)21-27(42)20-25/h9,19-21,29-31H,1,10-18,22-23H2,2-8H3,(H,46,49)(H,47,50)/t29-,30-,31+,37-,38+,39+,40-/m0/s1. The van der Waals surface area contributed by atoms with E-state index in [1.54, 1.807) is 0 Å². The van der Waals surface area contributed by atoms with E-state index in [1.807, 2.05) is 0 Å². The van der Waals surface area contributed by atoms with Crippen LogP contribution >= 0.6 is 15.9 Å². The van der Waals surface area contributed by atoms with E-state index in [2.05, 4.69) is 87.7 Å². The maximum Gasteiger partial charge on any atom is 0.416 e. The van der Waals surface area contributed by atoms with Crippen LogP contribution in [0.4, 0.5) is 13.2 Å². The Morgan fingerprint density at radius 3 is 2.26 bits per heavy atom. The van der Waals surface area contributed by atoms with Gasteiger partial charge >= 0.3 is 6.18 Å². The van der Waals surface area contributed by atoms with Crippen LogP contribution in [0.5, 0.6) is 0 Å². The van der Waals surface area contributed by atoms with E-state index in [9.17, 15) is 27.6 Å². The van der Waals surface area contributed by atoms with Gasteiger partial charge in [-0.05, 0) is 121 Å². The summed E-state index contributed by atoms with van der Waals surface area (Å²) in [5, 5.41) is 5.84. The van der Waals surface area contributed by atoms with Crippen LogP contribution in [0, 0.1) is 50.2 Å². The molecule has 1 aromatic carbocycles. The Balaban J connectivity index is 1.23. The first-order chi connectivity index (χ1) is 23.0. The Bertz CT molecular complexity index is 1660. The van der Waals surface area contributed by atoms with Crippen molar-refractivity contribution in [1.29, 1.82) is 0 Å². The number of nitrogens with one attached hydrogen (secondary N) is 2. The third kappa shape index (κ3) is 5.65. The zero-order valence-electron chi connectivity index (χ0n) is 30.8. The number of Topliss-reactive ketones (excluding diaryl/α,β-unsaturated/α-hetero) is 1. The van der Waals surface area contributed by atoms with E-state index < -0.39 is 28.5 Å². The second-order valence-electron chi connectivity index (χ2n) is 18.4. The second kappa shape index (κ2) is 12.1. The molecule has 1 aromatic rings. The number of halogens is 4. The number of alkyl halides is 3. The third-order valence-electron chi connectivity index (χ3n) is 14.9. The van der Waals surface area contributed by atoms with Gasteiger partial charge in [0.15, 0.2) is 5.78 Å². The van der Waals surface area contributed by atoms with E-state index in [0.29, 0.717) is 11.8 Å². The van der Waals surface area contributed by atoms with Gasteiger partial charge in [0.2, 0.25) is 5.91 Å². The molecule has 0 aromatic heterocycles. The van der Waals surface area contributed by atoms with Crippen molar-refractivity contribution in [2.24, 2.45) is 50.2 Å². The molecule has 0 radical (unpaired) electrons. The summed E-state index contributed by atoms with van der Waals surface area (Å²) in [6.07, 6.45) is 6.10. The van der Waals surface area contributed by atoms with Gasteiger partial charge in [-0.25, -0.2) is 0 Å². The number of allylic oxidation sites excluding steroid dienone is 3. The minimum Gasteiger partial charge on any atom is -0.354 e. The Labute approximate surface area is 304 Å². The van der Waals surface area contributed by atoms with Crippen molar-refractivity contribution in [1.82, 2.24) is 10.6 Å². The number of carbonyl (C=O) groups excluding carboxylic acids is 3. The summed E-state index contributed by atoms with van der Waals surface area (Å²) in [6, 6.07) is 3.14. The lowest BCUT2D eigenvalue weighted by molar-refractivity contribution is -0.179. The normalized spacial score (nSPS) is 37.3. The molecule has 0 aliphatic heterocycles. The molecule has 5 aliphatic rings. The summed E-state index contributed by atoms with van der Waals surface area (Å²) in [4.78, 5) is 40.5. The van der Waals surface area contributed by atoms with E-state index in [1.165, 1.54) is 11.6 Å². The number of benzene rings is 1. The van der Waals surface area contributed by atoms with Gasteiger partial charge in [-0.2, -0.15) is 13.2 Å². The molecular formula is C41H54BrF3N2O3. The van der Waals surface area contributed by atoms with Crippen LogP contribution < -0.4 is 10.6 Å². The molecule has 4 saturated carbocycles. The maximum atomic E-state index is 14.4. The third-order valence-corrected chi connectivity index (χ3v) is 15.4. The van der Waals surface area contributed by atoms with Gasteiger partial charge in [0.1, 0.15) is 0 Å². The summed E-state index contributed by atoms with van der Waals surface area (Å²) in [7, 11) is 0. The van der Waals surface area contributed by atoms with E-state index in [-0.39, 0.29) is 62.4 Å². The SMILES string of the molecule is C=C1C[C@]2(C)[C@H]3CC=C4[C@@H]5CC(C)(C)CC[C@]5(C(=O)NCCNC(=O)c5cc(Br)cc(C(F)(F)F)c5)CC[C@@]4(C)[C@]3(C)CC[C@H]2C(C)(C)C1=O. The molecule has 5 aliphatic carbocycles. The molecule has 6 rings (SSSR count). The number of carbonyl (C=O) groups is 3. The molecule has 0 spiro atoms. The van der Waals surface area contributed by atoms with Gasteiger partial charge in [0.05, 0.1) is 11.0 Å².